The molecule has 16 heavy (non-hydrogen) atoms. The fourth-order valence-electron chi connectivity index (χ4n) is 2.42. The molecule has 0 aromatic carbocycles. The summed E-state index contributed by atoms with van der Waals surface area (Å²) < 4.78 is 0. The van der Waals surface area contributed by atoms with Gasteiger partial charge >= 0.3 is 0 Å². The predicted molar refractivity (Wildman–Crippen MR) is 65.0 cm³/mol. The summed E-state index contributed by atoms with van der Waals surface area (Å²) in [5.41, 5.74) is 1.32. The Labute approximate surface area is 96.3 Å². The molecule has 0 radical (unpaired) electrons. The Kier molecular flexibility index (Phi) is 2.76. The van der Waals surface area contributed by atoms with Gasteiger partial charge in [-0.05, 0) is 38.3 Å². The maximum Gasteiger partial charge on any atom is 0.103 e. The van der Waals surface area contributed by atoms with Gasteiger partial charge in [0.1, 0.15) is 5.76 Å². The van der Waals surface area contributed by atoms with Crippen LogP contribution < -0.4 is 0 Å². The first kappa shape index (κ1) is 11.2. The number of aliphatic hydroxyl groups excluding tert-OH is 1. The van der Waals surface area contributed by atoms with E-state index in [0.29, 0.717) is 0 Å². The van der Waals surface area contributed by atoms with Crippen LogP contribution in [0, 0.1) is 5.92 Å². The zero-order chi connectivity index (χ0) is 11.8. The lowest BCUT2D eigenvalue weighted by atomic mass is 9.76. The average molecular weight is 218 g/mol. The Hall–Kier alpha value is -1.28. The molecule has 0 spiro atoms. The van der Waals surface area contributed by atoms with Crippen LogP contribution >= 0.6 is 0 Å². The van der Waals surface area contributed by atoms with E-state index in [1.807, 2.05) is 0 Å². The number of hydrogen-bond acceptors (Lipinski definition) is 2. The first-order valence-corrected chi connectivity index (χ1v) is 5.69. The van der Waals surface area contributed by atoms with Crippen LogP contribution in [0.15, 0.2) is 47.3 Å². The zero-order valence-electron chi connectivity index (χ0n) is 9.77. The highest BCUT2D eigenvalue weighted by atomic mass is 16.3. The van der Waals surface area contributed by atoms with Gasteiger partial charge in [0.25, 0.3) is 0 Å². The molecule has 0 saturated carbocycles. The van der Waals surface area contributed by atoms with Crippen LogP contribution in [-0.4, -0.2) is 15.8 Å². The lowest BCUT2D eigenvalue weighted by Gasteiger charge is -2.34. The predicted octanol–water partition coefficient (Wildman–Crippen LogP) is 3.03. The van der Waals surface area contributed by atoms with Gasteiger partial charge in [0.2, 0.25) is 0 Å². The lowest BCUT2D eigenvalue weighted by molar-refractivity contribution is 0.0580. The molecule has 2 aliphatic carbocycles. The molecule has 2 rings (SSSR count). The molecule has 1 unspecified atom stereocenters. The van der Waals surface area contributed by atoms with E-state index in [4.69, 9.17) is 0 Å². The quantitative estimate of drug-likeness (QED) is 0.710. The van der Waals surface area contributed by atoms with Crippen LogP contribution in [0.25, 0.3) is 0 Å². The SMILES string of the molecule is CC1=CC(C2C(O)=CC=C[C@]2(C)O)=CCC1. The molecule has 0 aliphatic heterocycles. The second-order valence-electron chi connectivity index (χ2n) is 4.84. The number of aliphatic hydroxyl groups is 2. The van der Waals surface area contributed by atoms with E-state index in [9.17, 15) is 10.2 Å². The fourth-order valence-corrected chi connectivity index (χ4v) is 2.42. The van der Waals surface area contributed by atoms with Crippen molar-refractivity contribution in [1.29, 1.82) is 0 Å². The molecular formula is C14H18O2. The number of rotatable bonds is 1. The summed E-state index contributed by atoms with van der Waals surface area (Å²) in [5.74, 6) is -0.0857. The average Bonchev–Trinajstić information content (AvgIpc) is 2.15. The molecule has 2 nitrogen and oxygen atoms in total. The third-order valence-corrected chi connectivity index (χ3v) is 3.25. The highest BCUT2D eigenvalue weighted by molar-refractivity contribution is 5.40. The molecule has 2 aliphatic rings. The smallest absolute Gasteiger partial charge is 0.103 e. The molecule has 2 N–H and O–H groups in total. The van der Waals surface area contributed by atoms with Crippen LogP contribution in [-0.2, 0) is 0 Å². The Morgan fingerprint density at radius 1 is 1.44 bits per heavy atom. The summed E-state index contributed by atoms with van der Waals surface area (Å²) in [4.78, 5) is 0. The van der Waals surface area contributed by atoms with Crippen LogP contribution in [0.5, 0.6) is 0 Å². The summed E-state index contributed by atoms with van der Waals surface area (Å²) in [6, 6.07) is 0. The highest BCUT2D eigenvalue weighted by Gasteiger charge is 2.36. The van der Waals surface area contributed by atoms with Gasteiger partial charge in [0.05, 0.1) is 11.5 Å². The molecule has 0 fully saturated rings. The van der Waals surface area contributed by atoms with Crippen molar-refractivity contribution in [1.82, 2.24) is 0 Å². The number of allylic oxidation sites excluding steroid dienone is 5. The Balaban J connectivity index is 2.36. The second kappa shape index (κ2) is 3.95. The van der Waals surface area contributed by atoms with Crippen molar-refractivity contribution in [2.75, 3.05) is 0 Å². The van der Waals surface area contributed by atoms with E-state index in [1.54, 1.807) is 25.2 Å². The Morgan fingerprint density at radius 2 is 2.19 bits per heavy atom. The van der Waals surface area contributed by atoms with E-state index in [0.717, 1.165) is 18.4 Å². The van der Waals surface area contributed by atoms with Crippen LogP contribution in [0.2, 0.25) is 0 Å². The van der Waals surface area contributed by atoms with E-state index in [2.05, 4.69) is 19.1 Å². The molecule has 0 bridgehead atoms. The summed E-state index contributed by atoms with van der Waals surface area (Å²) in [6.45, 7) is 3.82. The summed E-state index contributed by atoms with van der Waals surface area (Å²) in [5, 5.41) is 20.2. The van der Waals surface area contributed by atoms with Crippen molar-refractivity contribution < 1.29 is 10.2 Å². The van der Waals surface area contributed by atoms with E-state index in [-0.39, 0.29) is 11.7 Å². The maximum atomic E-state index is 10.3. The molecular weight excluding hydrogens is 200 g/mol. The minimum absolute atomic E-state index is 0.240. The molecule has 86 valence electrons. The van der Waals surface area contributed by atoms with Crippen LogP contribution in [0.3, 0.4) is 0 Å². The number of hydrogen-bond donors (Lipinski definition) is 2. The fraction of sp³-hybridized carbons (Fsp3) is 0.429. The highest BCUT2D eigenvalue weighted by Crippen LogP contribution is 2.37. The molecule has 0 aromatic rings. The van der Waals surface area contributed by atoms with Gasteiger partial charge in [-0.25, -0.2) is 0 Å². The molecule has 2 atom stereocenters. The minimum Gasteiger partial charge on any atom is -0.512 e. The molecule has 0 aromatic heterocycles. The summed E-state index contributed by atoms with van der Waals surface area (Å²) >= 11 is 0. The third-order valence-electron chi connectivity index (χ3n) is 3.25. The van der Waals surface area contributed by atoms with Gasteiger partial charge in [0.15, 0.2) is 0 Å². The van der Waals surface area contributed by atoms with Gasteiger partial charge in [-0.15, -0.1) is 0 Å². The van der Waals surface area contributed by atoms with Crippen LogP contribution in [0.4, 0.5) is 0 Å². The standard InChI is InChI=1S/C14H18O2/c1-10-5-3-6-11(9-10)13-12(15)7-4-8-14(13,2)16/h4,6-9,13,15-16H,3,5H2,1-2H3/t13?,14-/m0/s1. The van der Waals surface area contributed by atoms with Crippen molar-refractivity contribution in [3.05, 3.63) is 47.3 Å². The van der Waals surface area contributed by atoms with Gasteiger partial charge in [-0.3, -0.25) is 0 Å². The van der Waals surface area contributed by atoms with E-state index < -0.39 is 5.60 Å². The second-order valence-corrected chi connectivity index (χ2v) is 4.84. The maximum absolute atomic E-state index is 10.3. The van der Waals surface area contributed by atoms with Crippen molar-refractivity contribution >= 4 is 0 Å². The monoisotopic (exact) mass is 218 g/mol. The largest absolute Gasteiger partial charge is 0.512 e. The van der Waals surface area contributed by atoms with Crippen molar-refractivity contribution in [3.8, 4) is 0 Å². The third kappa shape index (κ3) is 1.98. The van der Waals surface area contributed by atoms with Gasteiger partial charge in [-0.2, -0.15) is 0 Å². The summed E-state index contributed by atoms with van der Waals surface area (Å²) in [7, 11) is 0. The Morgan fingerprint density at radius 3 is 2.81 bits per heavy atom. The van der Waals surface area contributed by atoms with Gasteiger partial charge < -0.3 is 10.2 Å². The topological polar surface area (TPSA) is 40.5 Å². The van der Waals surface area contributed by atoms with Crippen molar-refractivity contribution in [2.24, 2.45) is 5.92 Å². The molecule has 0 heterocycles. The minimum atomic E-state index is -1.00. The summed E-state index contributed by atoms with van der Waals surface area (Å²) in [6.07, 6.45) is 11.3. The van der Waals surface area contributed by atoms with Crippen molar-refractivity contribution in [2.45, 2.75) is 32.3 Å². The molecule has 0 amide bonds. The first-order chi connectivity index (χ1) is 7.50. The van der Waals surface area contributed by atoms with Crippen molar-refractivity contribution in [3.63, 3.8) is 0 Å². The van der Waals surface area contributed by atoms with Gasteiger partial charge in [-0.1, -0.05) is 29.9 Å². The first-order valence-electron chi connectivity index (χ1n) is 5.69. The zero-order valence-corrected chi connectivity index (χ0v) is 9.77. The molecule has 2 heteroatoms. The Bertz CT molecular complexity index is 408. The van der Waals surface area contributed by atoms with E-state index in [1.165, 1.54) is 5.57 Å². The van der Waals surface area contributed by atoms with Gasteiger partial charge in [0, 0.05) is 0 Å². The van der Waals surface area contributed by atoms with Crippen LogP contribution in [0.1, 0.15) is 26.7 Å². The molecule has 0 saturated heterocycles. The normalized spacial score (nSPS) is 34.2. The van der Waals surface area contributed by atoms with E-state index >= 15 is 0 Å². The lowest BCUT2D eigenvalue weighted by Crippen LogP contribution is -2.36.